The summed E-state index contributed by atoms with van der Waals surface area (Å²) in [4.78, 5) is 28.2. The van der Waals surface area contributed by atoms with E-state index in [-0.39, 0.29) is 41.6 Å². The molecule has 1 saturated heterocycles. The Morgan fingerprint density at radius 3 is 2.31 bits per heavy atom. The van der Waals surface area contributed by atoms with E-state index < -0.39 is 17.6 Å². The van der Waals surface area contributed by atoms with Crippen LogP contribution in [-0.2, 0) is 23.8 Å². The van der Waals surface area contributed by atoms with E-state index in [1.54, 1.807) is 26.0 Å². The van der Waals surface area contributed by atoms with Crippen molar-refractivity contribution in [2.24, 2.45) is 23.7 Å². The van der Waals surface area contributed by atoms with Gasteiger partial charge in [-0.2, -0.15) is 0 Å². The van der Waals surface area contributed by atoms with Crippen molar-refractivity contribution in [3.8, 4) is 0 Å². The molecule has 308 valence electrons. The molecule has 1 aliphatic carbocycles. The van der Waals surface area contributed by atoms with Gasteiger partial charge in [0.05, 0.1) is 37.0 Å². The van der Waals surface area contributed by atoms with Crippen LogP contribution in [0.25, 0.3) is 0 Å². The van der Waals surface area contributed by atoms with Crippen molar-refractivity contribution in [2.45, 2.75) is 161 Å². The van der Waals surface area contributed by atoms with Gasteiger partial charge in [-0.3, -0.25) is 9.59 Å². The molecule has 8 atom stereocenters. The maximum Gasteiger partial charge on any atom is 0.255 e. The zero-order valence-corrected chi connectivity index (χ0v) is 34.8. The first kappa shape index (κ1) is 47.6. The number of carbonyl (C=O) groups excluding carboxylic acids is 2. The normalized spacial score (nSPS) is 23.6. The van der Waals surface area contributed by atoms with Gasteiger partial charge in [-0.25, -0.2) is 0 Å². The molecular weight excluding hydrogens is 682 g/mol. The SMILES string of the molecule is C=CC[C@H](/C=C(\C)C[C@H](C)CCCC(CC(C)C(O)(O)C(=C)C(=O)N1CCCCC1C(=C)OC)OC)C(=O)CCCC/C(C)=C/C1CC[C@@H](O)C(OC)C1. The minimum Gasteiger partial charge on any atom is -0.500 e. The van der Waals surface area contributed by atoms with Crippen LogP contribution in [0.1, 0.15) is 130 Å². The van der Waals surface area contributed by atoms with Gasteiger partial charge in [0.1, 0.15) is 11.5 Å². The molecule has 2 rings (SSSR count). The summed E-state index contributed by atoms with van der Waals surface area (Å²) in [5, 5.41) is 32.4. The van der Waals surface area contributed by atoms with Crippen LogP contribution in [-0.4, -0.2) is 89.9 Å². The van der Waals surface area contributed by atoms with Gasteiger partial charge in [0.2, 0.25) is 0 Å². The molecule has 54 heavy (non-hydrogen) atoms. The Balaban J connectivity index is 1.81. The number of carbonyl (C=O) groups is 2. The van der Waals surface area contributed by atoms with Crippen LogP contribution in [0.3, 0.4) is 0 Å². The molecule has 1 saturated carbocycles. The Morgan fingerprint density at radius 2 is 1.67 bits per heavy atom. The minimum absolute atomic E-state index is 0.0842. The summed E-state index contributed by atoms with van der Waals surface area (Å²) < 4.78 is 16.5. The highest BCUT2D eigenvalue weighted by molar-refractivity contribution is 5.95. The molecule has 0 spiro atoms. The lowest BCUT2D eigenvalue weighted by molar-refractivity contribution is -0.180. The third-order valence-electron chi connectivity index (χ3n) is 11.8. The number of ketones is 1. The van der Waals surface area contributed by atoms with Crippen molar-refractivity contribution in [2.75, 3.05) is 27.9 Å². The van der Waals surface area contributed by atoms with Crippen LogP contribution >= 0.6 is 0 Å². The van der Waals surface area contributed by atoms with Crippen LogP contribution in [0.4, 0.5) is 0 Å². The largest absolute Gasteiger partial charge is 0.500 e. The molecular formula is C45H75NO8. The van der Waals surface area contributed by atoms with Crippen LogP contribution in [0.5, 0.6) is 0 Å². The van der Waals surface area contributed by atoms with Crippen LogP contribution < -0.4 is 0 Å². The van der Waals surface area contributed by atoms with Gasteiger partial charge in [0, 0.05) is 39.0 Å². The predicted octanol–water partition coefficient (Wildman–Crippen LogP) is 8.39. The highest BCUT2D eigenvalue weighted by Crippen LogP contribution is 2.33. The Labute approximate surface area is 327 Å². The number of unbranched alkanes of at least 4 members (excludes halogenated alkanes) is 1. The van der Waals surface area contributed by atoms with Crippen molar-refractivity contribution in [3.63, 3.8) is 0 Å². The molecule has 2 fully saturated rings. The molecule has 1 amide bonds. The molecule has 0 aromatic carbocycles. The molecule has 1 heterocycles. The van der Waals surface area contributed by atoms with E-state index in [9.17, 15) is 24.9 Å². The summed E-state index contributed by atoms with van der Waals surface area (Å²) in [5.41, 5.74) is 2.32. The molecule has 0 aromatic heterocycles. The quantitative estimate of drug-likeness (QED) is 0.0279. The van der Waals surface area contributed by atoms with Gasteiger partial charge in [0.15, 0.2) is 5.79 Å². The summed E-state index contributed by atoms with van der Waals surface area (Å²) in [6.07, 6.45) is 18.7. The van der Waals surface area contributed by atoms with E-state index in [2.05, 4.69) is 52.7 Å². The van der Waals surface area contributed by atoms with E-state index in [1.165, 1.54) is 18.3 Å². The zero-order valence-electron chi connectivity index (χ0n) is 34.8. The number of hydrogen-bond acceptors (Lipinski definition) is 8. The number of likely N-dealkylation sites (tertiary alicyclic amines) is 1. The molecule has 1 aliphatic heterocycles. The number of aliphatic hydroxyl groups is 3. The van der Waals surface area contributed by atoms with Gasteiger partial charge < -0.3 is 34.4 Å². The van der Waals surface area contributed by atoms with Crippen molar-refractivity contribution in [1.29, 1.82) is 0 Å². The number of amides is 1. The predicted molar refractivity (Wildman–Crippen MR) is 217 cm³/mol. The molecule has 9 nitrogen and oxygen atoms in total. The summed E-state index contributed by atoms with van der Waals surface area (Å²) in [7, 11) is 4.83. The fourth-order valence-corrected chi connectivity index (χ4v) is 8.32. The van der Waals surface area contributed by atoms with Gasteiger partial charge in [-0.1, -0.05) is 69.2 Å². The topological polar surface area (TPSA) is 126 Å². The number of rotatable bonds is 25. The van der Waals surface area contributed by atoms with E-state index >= 15 is 0 Å². The molecule has 9 heteroatoms. The van der Waals surface area contributed by atoms with Crippen molar-refractivity contribution in [1.82, 2.24) is 4.90 Å². The third-order valence-corrected chi connectivity index (χ3v) is 11.8. The Morgan fingerprint density at radius 1 is 0.963 bits per heavy atom. The van der Waals surface area contributed by atoms with Gasteiger partial charge in [-0.05, 0) is 109 Å². The number of hydrogen-bond donors (Lipinski definition) is 3. The van der Waals surface area contributed by atoms with Crippen molar-refractivity contribution >= 4 is 11.7 Å². The summed E-state index contributed by atoms with van der Waals surface area (Å²) in [6, 6.07) is -0.318. The maximum absolute atomic E-state index is 13.4. The minimum atomic E-state index is -2.38. The van der Waals surface area contributed by atoms with E-state index in [0.29, 0.717) is 49.8 Å². The Bertz CT molecular complexity index is 1270. The Kier molecular flexibility index (Phi) is 21.3. The number of methoxy groups -OCH3 is 3. The van der Waals surface area contributed by atoms with Gasteiger partial charge in [0.25, 0.3) is 5.91 Å². The van der Waals surface area contributed by atoms with Crippen LogP contribution in [0.15, 0.2) is 60.4 Å². The lowest BCUT2D eigenvalue weighted by atomic mass is 9.84. The molecule has 0 bridgehead atoms. The van der Waals surface area contributed by atoms with E-state index in [4.69, 9.17) is 14.2 Å². The molecule has 5 unspecified atom stereocenters. The molecule has 2 aliphatic rings. The molecule has 0 aromatic rings. The lowest BCUT2D eigenvalue weighted by Crippen LogP contribution is -2.51. The number of ether oxygens (including phenoxy) is 3. The second kappa shape index (κ2) is 24.2. The number of aliphatic hydroxyl groups excluding tert-OH is 1. The molecule has 3 N–H and O–H groups in total. The second-order valence-electron chi connectivity index (χ2n) is 16.4. The van der Waals surface area contributed by atoms with E-state index in [1.807, 2.05) is 6.08 Å². The smallest absolute Gasteiger partial charge is 0.255 e. The first-order valence-electron chi connectivity index (χ1n) is 20.5. The lowest BCUT2D eigenvalue weighted by Gasteiger charge is -2.39. The molecule has 0 radical (unpaired) electrons. The average molecular weight is 758 g/mol. The van der Waals surface area contributed by atoms with Gasteiger partial charge in [-0.15, -0.1) is 6.58 Å². The maximum atomic E-state index is 13.4. The van der Waals surface area contributed by atoms with Crippen LogP contribution in [0.2, 0.25) is 0 Å². The summed E-state index contributed by atoms with van der Waals surface area (Å²) in [5.74, 6) is -2.11. The van der Waals surface area contributed by atoms with Crippen molar-refractivity contribution < 1.29 is 39.1 Å². The fraction of sp³-hybridized carbons (Fsp3) is 0.733. The highest BCUT2D eigenvalue weighted by Gasteiger charge is 2.42. The number of Topliss-reactive ketones (excluding diaryl/α,β-unsaturated/α-hetero) is 1. The number of nitrogens with zero attached hydrogens (tertiary/aromatic N) is 1. The standard InChI is InChI=1S/C45H75NO8/c1-11-17-38(41(47)22-13-12-18-32(3)27-37-23-24-42(48)43(30-37)54-10)28-33(4)26-31(2)19-16-20-39(53-9)29-34(5)45(50,51)35(6)44(49)46-25-15-14-21-40(46)36(7)52-8/h11,27-28,31,34,37-40,42-43,48,50-51H,1,6-7,12-26,29-30H2,2-5,8-10H3/b32-27+,33-28+/t31-,34?,37?,38-,39?,40?,42-,43?/m1/s1. The average Bonchev–Trinajstić information content (AvgIpc) is 3.15. The Hall–Kier alpha value is -2.56. The van der Waals surface area contributed by atoms with Crippen molar-refractivity contribution in [3.05, 3.63) is 60.4 Å². The first-order valence-corrected chi connectivity index (χ1v) is 20.5. The monoisotopic (exact) mass is 758 g/mol. The van der Waals surface area contributed by atoms with Crippen LogP contribution in [0, 0.1) is 23.7 Å². The summed E-state index contributed by atoms with van der Waals surface area (Å²) >= 11 is 0. The number of allylic oxidation sites excluding steroid dienone is 5. The highest BCUT2D eigenvalue weighted by atomic mass is 16.5. The van der Waals surface area contributed by atoms with Gasteiger partial charge >= 0.3 is 0 Å². The zero-order chi connectivity index (χ0) is 40.4. The third kappa shape index (κ3) is 15.2. The first-order chi connectivity index (χ1) is 25.6. The second-order valence-corrected chi connectivity index (χ2v) is 16.4. The fourth-order valence-electron chi connectivity index (χ4n) is 8.32. The summed E-state index contributed by atoms with van der Waals surface area (Å²) in [6.45, 7) is 20.4. The number of piperidine rings is 1. The van der Waals surface area contributed by atoms with E-state index in [0.717, 1.165) is 77.0 Å².